The van der Waals surface area contributed by atoms with Gasteiger partial charge in [-0.05, 0) is 30.7 Å². The highest BCUT2D eigenvalue weighted by atomic mass is 32.1. The quantitative estimate of drug-likeness (QED) is 0.507. The number of para-hydroxylation sites is 2. The number of aromatic nitrogens is 1. The molecule has 0 N–H and O–H groups in total. The largest absolute Gasteiger partial charge is 0.451 e. The molecular weight excluding hydrogens is 360 g/mol. The first-order valence-corrected chi connectivity index (χ1v) is 9.22. The van der Waals surface area contributed by atoms with Crippen molar-refractivity contribution in [1.82, 2.24) is 4.57 Å². The standard InChI is InChI=1S/C21H16N2O3S/c1-3-11-23-19-13(2)7-6-10-18(19)27-21(23)22-20(25)17-12-15(24)14-8-4-5-9-16(14)26-17/h3-10,12H,1,11H2,2H3. The molecule has 0 fully saturated rings. The monoisotopic (exact) mass is 376 g/mol. The molecule has 6 heteroatoms. The molecule has 4 aromatic rings. The van der Waals surface area contributed by atoms with Crippen LogP contribution >= 0.6 is 11.3 Å². The molecule has 0 radical (unpaired) electrons. The fraction of sp³-hybridized carbons (Fsp3) is 0.0952. The van der Waals surface area contributed by atoms with Crippen molar-refractivity contribution in [2.75, 3.05) is 0 Å². The molecular formula is C21H16N2O3S. The molecule has 5 nitrogen and oxygen atoms in total. The zero-order valence-corrected chi connectivity index (χ0v) is 15.5. The summed E-state index contributed by atoms with van der Waals surface area (Å²) in [6.07, 6.45) is 1.76. The van der Waals surface area contributed by atoms with Gasteiger partial charge in [0.05, 0.1) is 15.6 Å². The number of thiazole rings is 1. The lowest BCUT2D eigenvalue weighted by atomic mass is 10.2. The fourth-order valence-electron chi connectivity index (χ4n) is 3.04. The van der Waals surface area contributed by atoms with Gasteiger partial charge in [-0.2, -0.15) is 4.99 Å². The topological polar surface area (TPSA) is 64.6 Å². The number of carbonyl (C=O) groups excluding carboxylic acids is 1. The summed E-state index contributed by atoms with van der Waals surface area (Å²) in [5.41, 5.74) is 2.22. The van der Waals surface area contributed by atoms with Gasteiger partial charge in [-0.1, -0.05) is 41.7 Å². The van der Waals surface area contributed by atoms with E-state index in [2.05, 4.69) is 11.6 Å². The van der Waals surface area contributed by atoms with E-state index in [4.69, 9.17) is 4.42 Å². The molecule has 2 heterocycles. The van der Waals surface area contributed by atoms with Crippen LogP contribution in [0.5, 0.6) is 0 Å². The highest BCUT2D eigenvalue weighted by Gasteiger charge is 2.14. The van der Waals surface area contributed by atoms with Crippen molar-refractivity contribution < 1.29 is 9.21 Å². The lowest BCUT2D eigenvalue weighted by molar-refractivity contribution is 0.0972. The predicted molar refractivity (Wildman–Crippen MR) is 107 cm³/mol. The Hall–Kier alpha value is -3.25. The molecule has 0 saturated carbocycles. The summed E-state index contributed by atoms with van der Waals surface area (Å²) in [5.74, 6) is -0.655. The van der Waals surface area contributed by atoms with E-state index in [9.17, 15) is 9.59 Å². The van der Waals surface area contributed by atoms with Gasteiger partial charge in [0.15, 0.2) is 16.0 Å². The minimum Gasteiger partial charge on any atom is -0.451 e. The van der Waals surface area contributed by atoms with Crippen LogP contribution in [0, 0.1) is 6.92 Å². The molecule has 0 atom stereocenters. The maximum absolute atomic E-state index is 12.7. The van der Waals surface area contributed by atoms with E-state index in [1.54, 1.807) is 30.3 Å². The summed E-state index contributed by atoms with van der Waals surface area (Å²) in [6, 6.07) is 14.0. The average Bonchev–Trinajstić information content (AvgIpc) is 3.00. The van der Waals surface area contributed by atoms with Crippen LogP contribution in [0.1, 0.15) is 16.1 Å². The van der Waals surface area contributed by atoms with Crippen LogP contribution in [0.25, 0.3) is 21.2 Å². The van der Waals surface area contributed by atoms with Crippen molar-refractivity contribution in [1.29, 1.82) is 0 Å². The minimum atomic E-state index is -0.583. The Labute approximate surface area is 158 Å². The SMILES string of the molecule is C=CCn1c(=NC(=O)c2cc(=O)c3ccccc3o2)sc2cccc(C)c21. The van der Waals surface area contributed by atoms with Crippen LogP contribution in [0.2, 0.25) is 0 Å². The summed E-state index contributed by atoms with van der Waals surface area (Å²) >= 11 is 1.42. The number of aryl methyl sites for hydroxylation is 1. The first kappa shape index (κ1) is 17.2. The Morgan fingerprint density at radius 3 is 2.89 bits per heavy atom. The van der Waals surface area contributed by atoms with Gasteiger partial charge in [-0.3, -0.25) is 9.59 Å². The first-order valence-electron chi connectivity index (χ1n) is 8.40. The molecule has 134 valence electrons. The number of amides is 1. The van der Waals surface area contributed by atoms with Crippen molar-refractivity contribution in [3.05, 3.63) is 87.5 Å². The van der Waals surface area contributed by atoms with Gasteiger partial charge < -0.3 is 8.98 Å². The summed E-state index contributed by atoms with van der Waals surface area (Å²) in [4.78, 5) is 29.7. The van der Waals surface area contributed by atoms with Crippen LogP contribution < -0.4 is 10.2 Å². The number of fused-ring (bicyclic) bond motifs is 2. The summed E-state index contributed by atoms with van der Waals surface area (Å²) in [7, 11) is 0. The highest BCUT2D eigenvalue weighted by molar-refractivity contribution is 7.16. The summed E-state index contributed by atoms with van der Waals surface area (Å²) in [5, 5.41) is 0.438. The van der Waals surface area contributed by atoms with E-state index in [1.165, 1.54) is 17.4 Å². The third kappa shape index (κ3) is 3.04. The molecule has 27 heavy (non-hydrogen) atoms. The first-order chi connectivity index (χ1) is 13.1. The molecule has 0 saturated heterocycles. The number of benzene rings is 2. The fourth-order valence-corrected chi connectivity index (χ4v) is 4.16. The Morgan fingerprint density at radius 1 is 1.26 bits per heavy atom. The second kappa shape index (κ2) is 6.81. The van der Waals surface area contributed by atoms with E-state index >= 15 is 0 Å². The van der Waals surface area contributed by atoms with Gasteiger partial charge in [0.25, 0.3) is 0 Å². The van der Waals surface area contributed by atoms with Gasteiger partial charge in [0.1, 0.15) is 5.58 Å². The lowest BCUT2D eigenvalue weighted by Gasteiger charge is -2.03. The van der Waals surface area contributed by atoms with Crippen molar-refractivity contribution in [2.24, 2.45) is 4.99 Å². The number of nitrogens with zero attached hydrogens (tertiary/aromatic N) is 2. The van der Waals surface area contributed by atoms with Crippen LogP contribution in [-0.4, -0.2) is 10.5 Å². The Balaban J connectivity index is 1.90. The summed E-state index contributed by atoms with van der Waals surface area (Å²) in [6.45, 7) is 6.34. The second-order valence-electron chi connectivity index (χ2n) is 6.09. The molecule has 2 aromatic heterocycles. The van der Waals surface area contributed by atoms with E-state index in [0.29, 0.717) is 22.3 Å². The Kier molecular flexibility index (Phi) is 4.33. The van der Waals surface area contributed by atoms with Crippen molar-refractivity contribution in [3.8, 4) is 0 Å². The van der Waals surface area contributed by atoms with Gasteiger partial charge in [0, 0.05) is 12.6 Å². The third-order valence-corrected chi connectivity index (χ3v) is 5.30. The smallest absolute Gasteiger partial charge is 0.315 e. The van der Waals surface area contributed by atoms with E-state index in [1.807, 2.05) is 29.7 Å². The Morgan fingerprint density at radius 2 is 2.07 bits per heavy atom. The summed E-state index contributed by atoms with van der Waals surface area (Å²) < 4.78 is 8.58. The lowest BCUT2D eigenvalue weighted by Crippen LogP contribution is -2.17. The maximum atomic E-state index is 12.7. The van der Waals surface area contributed by atoms with Gasteiger partial charge in [-0.25, -0.2) is 0 Å². The number of allylic oxidation sites excluding steroid dienone is 1. The van der Waals surface area contributed by atoms with E-state index < -0.39 is 5.91 Å². The molecule has 0 spiro atoms. The zero-order chi connectivity index (χ0) is 19.0. The predicted octanol–water partition coefficient (Wildman–Crippen LogP) is 4.04. The maximum Gasteiger partial charge on any atom is 0.315 e. The van der Waals surface area contributed by atoms with Crippen molar-refractivity contribution in [2.45, 2.75) is 13.5 Å². The van der Waals surface area contributed by atoms with Gasteiger partial charge >= 0.3 is 5.91 Å². The van der Waals surface area contributed by atoms with Gasteiger partial charge in [0.2, 0.25) is 0 Å². The van der Waals surface area contributed by atoms with Crippen LogP contribution in [0.3, 0.4) is 0 Å². The average molecular weight is 376 g/mol. The zero-order valence-electron chi connectivity index (χ0n) is 14.6. The number of carbonyl (C=O) groups is 1. The minimum absolute atomic E-state index is 0.0713. The molecule has 0 unspecified atom stereocenters. The van der Waals surface area contributed by atoms with E-state index in [0.717, 1.165) is 15.8 Å². The van der Waals surface area contributed by atoms with Crippen LogP contribution in [-0.2, 0) is 6.54 Å². The molecule has 0 bridgehead atoms. The van der Waals surface area contributed by atoms with Crippen LogP contribution in [0.4, 0.5) is 0 Å². The van der Waals surface area contributed by atoms with Gasteiger partial charge in [-0.15, -0.1) is 6.58 Å². The third-order valence-electron chi connectivity index (χ3n) is 4.26. The second-order valence-corrected chi connectivity index (χ2v) is 7.10. The molecule has 1 amide bonds. The molecule has 2 aromatic carbocycles. The van der Waals surface area contributed by atoms with E-state index in [-0.39, 0.29) is 11.2 Å². The number of rotatable bonds is 3. The number of hydrogen-bond acceptors (Lipinski definition) is 4. The Bertz CT molecular complexity index is 1320. The molecule has 0 aliphatic carbocycles. The van der Waals surface area contributed by atoms with Crippen molar-refractivity contribution >= 4 is 38.4 Å². The molecule has 0 aliphatic heterocycles. The van der Waals surface area contributed by atoms with Crippen molar-refractivity contribution in [3.63, 3.8) is 0 Å². The molecule has 0 aliphatic rings. The highest BCUT2D eigenvalue weighted by Crippen LogP contribution is 2.21. The number of hydrogen-bond donors (Lipinski definition) is 0. The normalized spacial score (nSPS) is 12.0. The molecule has 4 rings (SSSR count). The van der Waals surface area contributed by atoms with Crippen LogP contribution in [0.15, 0.2) is 75.4 Å².